The summed E-state index contributed by atoms with van der Waals surface area (Å²) in [6, 6.07) is 2.31. The number of hydrogen-bond donors (Lipinski definition) is 1. The van der Waals surface area contributed by atoms with E-state index in [1.54, 1.807) is 6.92 Å². The molecule has 0 fully saturated rings. The molecule has 1 unspecified atom stereocenters. The van der Waals surface area contributed by atoms with E-state index in [2.05, 4.69) is 4.74 Å². The Hall–Kier alpha value is -1.40. The number of rotatable bonds is 5. The van der Waals surface area contributed by atoms with Gasteiger partial charge in [0.1, 0.15) is 11.6 Å². The maximum Gasteiger partial charge on any atom is 0.342 e. The van der Waals surface area contributed by atoms with E-state index in [0.717, 1.165) is 6.07 Å². The molecule has 0 aliphatic carbocycles. The third-order valence-corrected chi connectivity index (χ3v) is 2.39. The lowest BCUT2D eigenvalue weighted by Crippen LogP contribution is -2.32. The van der Waals surface area contributed by atoms with Gasteiger partial charge in [0.15, 0.2) is 0 Å². The first kappa shape index (κ1) is 17.6. The van der Waals surface area contributed by atoms with Gasteiger partial charge in [0.25, 0.3) is 0 Å². The van der Waals surface area contributed by atoms with Gasteiger partial charge in [-0.2, -0.15) is 0 Å². The van der Waals surface area contributed by atoms with Gasteiger partial charge in [0.05, 0.1) is 19.8 Å². The van der Waals surface area contributed by atoms with Gasteiger partial charge in [-0.3, -0.25) is 0 Å². The molecular weight excluding hydrogens is 280 g/mol. The Morgan fingerprint density at radius 2 is 2.11 bits per heavy atom. The quantitative estimate of drug-likeness (QED) is 0.846. The van der Waals surface area contributed by atoms with Gasteiger partial charge in [-0.25, -0.2) is 13.6 Å². The van der Waals surface area contributed by atoms with Crippen LogP contribution < -0.4 is 10.5 Å². The van der Waals surface area contributed by atoms with E-state index in [0.29, 0.717) is 5.75 Å². The van der Waals surface area contributed by atoms with E-state index < -0.39 is 24.0 Å². The average molecular weight is 296 g/mol. The zero-order valence-electron chi connectivity index (χ0n) is 10.6. The van der Waals surface area contributed by atoms with Gasteiger partial charge in [-0.05, 0) is 25.1 Å². The van der Waals surface area contributed by atoms with Crippen molar-refractivity contribution in [2.24, 2.45) is 5.73 Å². The van der Waals surface area contributed by atoms with Gasteiger partial charge in [-0.1, -0.05) is 0 Å². The van der Waals surface area contributed by atoms with Crippen molar-refractivity contribution < 1.29 is 23.0 Å². The van der Waals surface area contributed by atoms with Crippen molar-refractivity contribution in [3.63, 3.8) is 0 Å². The third-order valence-electron chi connectivity index (χ3n) is 2.39. The lowest BCUT2D eigenvalue weighted by Gasteiger charge is -2.17. The van der Waals surface area contributed by atoms with E-state index >= 15 is 0 Å². The predicted octanol–water partition coefficient (Wildman–Crippen LogP) is 2.16. The third kappa shape index (κ3) is 4.33. The van der Waals surface area contributed by atoms with E-state index in [1.165, 1.54) is 19.2 Å². The highest BCUT2D eigenvalue weighted by Crippen LogP contribution is 2.25. The Labute approximate surface area is 116 Å². The summed E-state index contributed by atoms with van der Waals surface area (Å²) < 4.78 is 36.6. The molecule has 19 heavy (non-hydrogen) atoms. The molecule has 0 bridgehead atoms. The van der Waals surface area contributed by atoms with Crippen molar-refractivity contribution in [3.8, 4) is 5.75 Å². The van der Waals surface area contributed by atoms with Crippen LogP contribution in [0.1, 0.15) is 18.5 Å². The lowest BCUT2D eigenvalue weighted by molar-refractivity contribution is -0.149. The number of methoxy groups -OCH3 is 1. The zero-order valence-corrected chi connectivity index (χ0v) is 11.4. The predicted molar refractivity (Wildman–Crippen MR) is 68.7 cm³/mol. The standard InChI is InChI=1S/C12H15F2NO3.ClH/c1-3-18-12(16)10(14)11(15)8-6-7(17-2)4-5-9(8)13;/h4-6,10-11H,3,15H2,1-2H3;1H/t10?,11-;/m0./s1. The first-order chi connectivity index (χ1) is 8.51. The molecule has 0 amide bonds. The molecule has 0 saturated carbocycles. The summed E-state index contributed by atoms with van der Waals surface area (Å²) in [5.41, 5.74) is 5.39. The summed E-state index contributed by atoms with van der Waals surface area (Å²) in [5, 5.41) is 0. The second-order valence-electron chi connectivity index (χ2n) is 3.57. The molecule has 0 saturated heterocycles. The van der Waals surface area contributed by atoms with Gasteiger partial charge in [0.2, 0.25) is 6.17 Å². The second kappa shape index (κ2) is 7.91. The highest BCUT2D eigenvalue weighted by Gasteiger charge is 2.29. The highest BCUT2D eigenvalue weighted by molar-refractivity contribution is 5.85. The average Bonchev–Trinajstić information content (AvgIpc) is 2.38. The monoisotopic (exact) mass is 295 g/mol. The van der Waals surface area contributed by atoms with Crippen LogP contribution in [-0.2, 0) is 9.53 Å². The van der Waals surface area contributed by atoms with Gasteiger partial charge in [0, 0.05) is 5.56 Å². The summed E-state index contributed by atoms with van der Waals surface area (Å²) in [7, 11) is 1.39. The molecule has 2 N–H and O–H groups in total. The Morgan fingerprint density at radius 1 is 1.47 bits per heavy atom. The van der Waals surface area contributed by atoms with Crippen molar-refractivity contribution in [1.82, 2.24) is 0 Å². The van der Waals surface area contributed by atoms with Crippen LogP contribution in [0.4, 0.5) is 8.78 Å². The summed E-state index contributed by atoms with van der Waals surface area (Å²) in [4.78, 5) is 11.2. The number of alkyl halides is 1. The Balaban J connectivity index is 0.00000324. The second-order valence-corrected chi connectivity index (χ2v) is 3.57. The fourth-order valence-corrected chi connectivity index (χ4v) is 1.43. The summed E-state index contributed by atoms with van der Waals surface area (Å²) in [5.74, 6) is -1.47. The Kier molecular flexibility index (Phi) is 7.33. The van der Waals surface area contributed by atoms with Gasteiger partial charge < -0.3 is 15.2 Å². The Bertz CT molecular complexity index is 431. The summed E-state index contributed by atoms with van der Waals surface area (Å²) >= 11 is 0. The van der Waals surface area contributed by atoms with Crippen LogP contribution in [0.15, 0.2) is 18.2 Å². The summed E-state index contributed by atoms with van der Waals surface area (Å²) in [6.45, 7) is 1.58. The molecule has 1 rings (SSSR count). The van der Waals surface area contributed by atoms with Crippen LogP contribution in [0.5, 0.6) is 5.75 Å². The minimum atomic E-state index is -2.12. The van der Waals surface area contributed by atoms with Crippen molar-refractivity contribution in [1.29, 1.82) is 0 Å². The van der Waals surface area contributed by atoms with Crippen molar-refractivity contribution in [2.45, 2.75) is 19.1 Å². The van der Waals surface area contributed by atoms with Crippen LogP contribution in [0.3, 0.4) is 0 Å². The van der Waals surface area contributed by atoms with Crippen LogP contribution in [-0.4, -0.2) is 25.9 Å². The van der Waals surface area contributed by atoms with Gasteiger partial charge >= 0.3 is 5.97 Å². The number of esters is 1. The highest BCUT2D eigenvalue weighted by atomic mass is 35.5. The molecule has 108 valence electrons. The smallest absolute Gasteiger partial charge is 0.342 e. The molecule has 0 spiro atoms. The first-order valence-electron chi connectivity index (χ1n) is 5.41. The molecule has 0 radical (unpaired) electrons. The molecule has 1 aromatic carbocycles. The van der Waals surface area contributed by atoms with E-state index in [1.807, 2.05) is 0 Å². The minimum absolute atomic E-state index is 0. The lowest BCUT2D eigenvalue weighted by atomic mass is 10.0. The van der Waals surface area contributed by atoms with E-state index in [4.69, 9.17) is 10.5 Å². The molecular formula is C12H16ClF2NO3. The first-order valence-corrected chi connectivity index (χ1v) is 5.41. The minimum Gasteiger partial charge on any atom is -0.497 e. The number of benzene rings is 1. The van der Waals surface area contributed by atoms with Crippen LogP contribution >= 0.6 is 12.4 Å². The number of ether oxygens (including phenoxy) is 2. The molecule has 1 aromatic rings. The van der Waals surface area contributed by atoms with Crippen molar-refractivity contribution in [2.75, 3.05) is 13.7 Å². The van der Waals surface area contributed by atoms with E-state index in [-0.39, 0.29) is 24.6 Å². The van der Waals surface area contributed by atoms with Crippen LogP contribution in [0, 0.1) is 5.82 Å². The SMILES string of the molecule is CCOC(=O)C(F)[C@@H](N)c1cc(OC)ccc1F.Cl. The topological polar surface area (TPSA) is 61.5 Å². The normalized spacial score (nSPS) is 13.1. The fourth-order valence-electron chi connectivity index (χ4n) is 1.43. The number of hydrogen-bond acceptors (Lipinski definition) is 4. The van der Waals surface area contributed by atoms with E-state index in [9.17, 15) is 13.6 Å². The molecule has 7 heteroatoms. The van der Waals surface area contributed by atoms with Crippen LogP contribution in [0.2, 0.25) is 0 Å². The van der Waals surface area contributed by atoms with Gasteiger partial charge in [-0.15, -0.1) is 12.4 Å². The largest absolute Gasteiger partial charge is 0.497 e. The molecule has 0 aromatic heterocycles. The van der Waals surface area contributed by atoms with Crippen LogP contribution in [0.25, 0.3) is 0 Å². The molecule has 4 nitrogen and oxygen atoms in total. The molecule has 0 aliphatic rings. The maximum absolute atomic E-state index is 13.7. The molecule has 0 aliphatic heterocycles. The summed E-state index contributed by atoms with van der Waals surface area (Å²) in [6.07, 6.45) is -2.12. The van der Waals surface area contributed by atoms with Crippen molar-refractivity contribution in [3.05, 3.63) is 29.6 Å². The zero-order chi connectivity index (χ0) is 13.7. The Morgan fingerprint density at radius 3 is 2.63 bits per heavy atom. The molecule has 2 atom stereocenters. The number of halogens is 3. The van der Waals surface area contributed by atoms with Crippen molar-refractivity contribution >= 4 is 18.4 Å². The molecule has 0 heterocycles. The maximum atomic E-state index is 13.7. The fraction of sp³-hybridized carbons (Fsp3) is 0.417. The number of nitrogens with two attached hydrogens (primary N) is 1. The number of carbonyl (C=O) groups excluding carboxylic acids is 1. The number of carbonyl (C=O) groups is 1.